The molecular formula is C31H28N6O4S2. The maximum atomic E-state index is 13.1. The number of anilines is 2. The number of carbonyl (C=O) groups excluding carboxylic acids is 1. The Kier molecular flexibility index (Phi) is 7.98. The number of ketones is 1. The van der Waals surface area contributed by atoms with Gasteiger partial charge in [0, 0.05) is 43.5 Å². The highest BCUT2D eigenvalue weighted by atomic mass is 32.2. The molecule has 1 unspecified atom stereocenters. The van der Waals surface area contributed by atoms with Crippen LogP contribution in [0.15, 0.2) is 107 Å². The lowest BCUT2D eigenvalue weighted by atomic mass is 10.1. The zero-order valence-electron chi connectivity index (χ0n) is 23.3. The summed E-state index contributed by atoms with van der Waals surface area (Å²) in [7, 11) is -5.07. The number of piperazine rings is 1. The molecule has 6 rings (SSSR count). The first-order valence-electron chi connectivity index (χ1n) is 13.6. The second kappa shape index (κ2) is 12.0. The van der Waals surface area contributed by atoms with Crippen LogP contribution in [0.3, 0.4) is 0 Å². The Hall–Kier alpha value is -4.52. The summed E-state index contributed by atoms with van der Waals surface area (Å²) < 4.78 is 43.2. The van der Waals surface area contributed by atoms with Gasteiger partial charge in [-0.3, -0.25) is 19.5 Å². The Balaban J connectivity index is 1.16. The van der Waals surface area contributed by atoms with E-state index in [9.17, 15) is 17.4 Å². The van der Waals surface area contributed by atoms with Crippen molar-refractivity contribution in [3.63, 3.8) is 0 Å². The van der Waals surface area contributed by atoms with E-state index in [2.05, 4.69) is 19.6 Å². The summed E-state index contributed by atoms with van der Waals surface area (Å²) in [5.74, 6) is 0.703. The molecule has 3 heterocycles. The largest absolute Gasteiger partial charge is 0.353 e. The smallest absolute Gasteiger partial charge is 0.261 e. The van der Waals surface area contributed by atoms with Crippen molar-refractivity contribution in [2.45, 2.75) is 16.7 Å². The number of rotatable bonds is 8. The highest BCUT2D eigenvalue weighted by molar-refractivity contribution is 7.92. The van der Waals surface area contributed by atoms with Gasteiger partial charge in [-0.25, -0.2) is 21.9 Å². The number of hydrogen-bond acceptors (Lipinski definition) is 8. The fourth-order valence-corrected chi connectivity index (χ4v) is 7.06. The van der Waals surface area contributed by atoms with Crippen molar-refractivity contribution in [2.75, 3.05) is 35.8 Å². The minimum Gasteiger partial charge on any atom is -0.353 e. The molecule has 218 valence electrons. The van der Waals surface area contributed by atoms with E-state index in [-0.39, 0.29) is 10.7 Å². The molecule has 12 heteroatoms. The van der Waals surface area contributed by atoms with Crippen molar-refractivity contribution < 1.29 is 17.4 Å². The number of Topliss-reactive ketones (excluding diaryl/α,β-unsaturated/α-hetero) is 1. The lowest BCUT2D eigenvalue weighted by Crippen LogP contribution is -2.47. The molecule has 0 bridgehead atoms. The number of fused-ring (bicyclic) bond motifs is 1. The molecule has 1 saturated heterocycles. The fraction of sp³-hybridized carbons (Fsp3) is 0.161. The minimum absolute atomic E-state index is 0.0222. The van der Waals surface area contributed by atoms with E-state index in [1.807, 2.05) is 22.5 Å². The minimum atomic E-state index is -3.75. The standard InChI is InChI=1S/C31H28N6O4S2/c1-22(38)23-7-10-27(11-8-23)42(39)37-15-13-36(14-16-37)31-21-33-29-12-9-24(18-30(29)34-31)25-17-26(20-32-19-25)35-43(40,41)28-5-3-2-4-6-28/h2-12,17-21,35H,13-16H2,1H3. The third-order valence-corrected chi connectivity index (χ3v) is 10.1. The molecule has 2 aromatic heterocycles. The van der Waals surface area contributed by atoms with Gasteiger partial charge < -0.3 is 4.90 Å². The van der Waals surface area contributed by atoms with E-state index < -0.39 is 21.0 Å². The first kappa shape index (κ1) is 28.6. The average Bonchev–Trinajstić information content (AvgIpc) is 3.04. The van der Waals surface area contributed by atoms with Crippen LogP contribution in [0.25, 0.3) is 22.2 Å². The summed E-state index contributed by atoms with van der Waals surface area (Å²) in [5, 5.41) is 0. The highest BCUT2D eigenvalue weighted by Crippen LogP contribution is 2.27. The van der Waals surface area contributed by atoms with Crippen LogP contribution in [0.2, 0.25) is 0 Å². The van der Waals surface area contributed by atoms with Crippen LogP contribution in [0.4, 0.5) is 11.5 Å². The van der Waals surface area contributed by atoms with Crippen molar-refractivity contribution >= 4 is 49.3 Å². The molecule has 0 amide bonds. The van der Waals surface area contributed by atoms with E-state index in [4.69, 9.17) is 4.98 Å². The first-order chi connectivity index (χ1) is 20.8. The molecule has 0 saturated carbocycles. The molecule has 0 radical (unpaired) electrons. The summed E-state index contributed by atoms with van der Waals surface area (Å²) in [6.45, 7) is 3.93. The van der Waals surface area contributed by atoms with Crippen molar-refractivity contribution in [2.24, 2.45) is 0 Å². The molecule has 0 spiro atoms. The van der Waals surface area contributed by atoms with Crippen LogP contribution in [0.1, 0.15) is 17.3 Å². The molecule has 1 aliphatic rings. The predicted octanol–water partition coefficient (Wildman–Crippen LogP) is 4.54. The number of hydrogen-bond donors (Lipinski definition) is 1. The van der Waals surface area contributed by atoms with Crippen LogP contribution < -0.4 is 9.62 Å². The Bertz CT molecular complexity index is 1930. The van der Waals surface area contributed by atoms with Gasteiger partial charge in [-0.1, -0.05) is 36.4 Å². The molecule has 43 heavy (non-hydrogen) atoms. The van der Waals surface area contributed by atoms with Gasteiger partial charge >= 0.3 is 0 Å². The van der Waals surface area contributed by atoms with Gasteiger partial charge in [0.05, 0.1) is 38.9 Å². The van der Waals surface area contributed by atoms with Crippen molar-refractivity contribution in [1.82, 2.24) is 19.3 Å². The van der Waals surface area contributed by atoms with E-state index in [0.717, 1.165) is 22.5 Å². The van der Waals surface area contributed by atoms with Crippen molar-refractivity contribution in [3.8, 4) is 11.1 Å². The number of carbonyl (C=O) groups is 1. The van der Waals surface area contributed by atoms with E-state index >= 15 is 0 Å². The summed E-state index contributed by atoms with van der Waals surface area (Å²) in [6.07, 6.45) is 4.89. The number of aromatic nitrogens is 3. The second-order valence-electron chi connectivity index (χ2n) is 10.1. The summed E-state index contributed by atoms with van der Waals surface area (Å²) >= 11 is 0. The van der Waals surface area contributed by atoms with E-state index in [0.29, 0.717) is 47.8 Å². The Morgan fingerprint density at radius 2 is 1.58 bits per heavy atom. The first-order valence-corrected chi connectivity index (χ1v) is 16.2. The summed E-state index contributed by atoms with van der Waals surface area (Å²) in [5.41, 5.74) is 3.93. The molecule has 1 fully saturated rings. The second-order valence-corrected chi connectivity index (χ2v) is 13.2. The van der Waals surface area contributed by atoms with Gasteiger partial charge in [0.15, 0.2) is 5.78 Å². The van der Waals surface area contributed by atoms with Gasteiger partial charge in [-0.05, 0) is 55.0 Å². The predicted molar refractivity (Wildman–Crippen MR) is 167 cm³/mol. The normalized spacial score (nSPS) is 14.9. The van der Waals surface area contributed by atoms with Crippen LogP contribution in [0.5, 0.6) is 0 Å². The molecule has 1 atom stereocenters. The number of pyridine rings is 1. The molecule has 1 N–H and O–H groups in total. The average molecular weight is 613 g/mol. The van der Waals surface area contributed by atoms with Crippen molar-refractivity contribution in [3.05, 3.63) is 103 Å². The third kappa shape index (κ3) is 6.31. The summed E-state index contributed by atoms with van der Waals surface area (Å²) in [6, 6.07) is 22.5. The lowest BCUT2D eigenvalue weighted by Gasteiger charge is -2.34. The number of sulfonamides is 1. The van der Waals surface area contributed by atoms with Gasteiger partial charge in [-0.2, -0.15) is 0 Å². The molecule has 3 aromatic carbocycles. The molecule has 5 aromatic rings. The molecule has 10 nitrogen and oxygen atoms in total. The van der Waals surface area contributed by atoms with Crippen LogP contribution in [-0.2, 0) is 21.0 Å². The SMILES string of the molecule is CC(=O)c1ccc(S(=O)N2CCN(c3cnc4ccc(-c5cncc(NS(=O)(=O)c6ccccc6)c5)cc4n3)CC2)cc1. The Labute approximate surface area is 252 Å². The summed E-state index contributed by atoms with van der Waals surface area (Å²) in [4.78, 5) is 28.2. The maximum Gasteiger partial charge on any atom is 0.261 e. The van der Waals surface area contributed by atoms with Crippen LogP contribution in [0, 0.1) is 0 Å². The third-order valence-electron chi connectivity index (χ3n) is 7.17. The van der Waals surface area contributed by atoms with E-state index in [1.165, 1.54) is 25.3 Å². The van der Waals surface area contributed by atoms with Gasteiger partial charge in [0.1, 0.15) is 16.8 Å². The molecule has 1 aliphatic heterocycles. The zero-order chi connectivity index (χ0) is 30.0. The topological polar surface area (TPSA) is 125 Å². The molecular weight excluding hydrogens is 585 g/mol. The Morgan fingerprint density at radius 1 is 0.837 bits per heavy atom. The number of benzene rings is 3. The quantitative estimate of drug-likeness (QED) is 0.253. The van der Waals surface area contributed by atoms with E-state index in [1.54, 1.807) is 60.9 Å². The Morgan fingerprint density at radius 3 is 2.30 bits per heavy atom. The highest BCUT2D eigenvalue weighted by Gasteiger charge is 2.23. The molecule has 0 aliphatic carbocycles. The van der Waals surface area contributed by atoms with Gasteiger partial charge in [-0.15, -0.1) is 0 Å². The van der Waals surface area contributed by atoms with Crippen LogP contribution >= 0.6 is 0 Å². The van der Waals surface area contributed by atoms with Crippen LogP contribution in [-0.4, -0.2) is 63.8 Å². The number of nitrogens with one attached hydrogen (secondary N) is 1. The van der Waals surface area contributed by atoms with Crippen molar-refractivity contribution in [1.29, 1.82) is 0 Å². The lowest BCUT2D eigenvalue weighted by molar-refractivity contribution is 0.101. The maximum absolute atomic E-state index is 13.1. The number of nitrogens with zero attached hydrogens (tertiary/aromatic N) is 5. The van der Waals surface area contributed by atoms with Gasteiger partial charge in [0.2, 0.25) is 0 Å². The van der Waals surface area contributed by atoms with Gasteiger partial charge in [0.25, 0.3) is 10.0 Å². The fourth-order valence-electron chi connectivity index (χ4n) is 4.84. The monoisotopic (exact) mass is 612 g/mol. The zero-order valence-corrected chi connectivity index (χ0v) is 24.9.